The molecule has 0 aliphatic heterocycles. The third-order valence-electron chi connectivity index (χ3n) is 2.79. The summed E-state index contributed by atoms with van der Waals surface area (Å²) >= 11 is 0. The number of nitrogens with zero attached hydrogens (tertiary/aromatic N) is 4. The zero-order valence-electron chi connectivity index (χ0n) is 10.5. The predicted molar refractivity (Wildman–Crippen MR) is 67.3 cm³/mol. The lowest BCUT2D eigenvalue weighted by Gasteiger charge is -2.19. The first-order valence-corrected chi connectivity index (χ1v) is 5.91. The number of nitrogens with one attached hydrogen (secondary N) is 1. The molecule has 1 heterocycles. The molecule has 0 saturated carbocycles. The molecule has 2 aromatic rings. The monoisotopic (exact) mass is 247 g/mol. The van der Waals surface area contributed by atoms with Crippen LogP contribution in [-0.2, 0) is 0 Å². The van der Waals surface area contributed by atoms with E-state index in [2.05, 4.69) is 27.8 Å². The fourth-order valence-electron chi connectivity index (χ4n) is 1.79. The Morgan fingerprint density at radius 1 is 1.39 bits per heavy atom. The van der Waals surface area contributed by atoms with Crippen molar-refractivity contribution in [3.8, 4) is 5.69 Å². The van der Waals surface area contributed by atoms with Crippen LogP contribution in [0.5, 0.6) is 0 Å². The van der Waals surface area contributed by atoms with E-state index in [4.69, 9.17) is 5.11 Å². The van der Waals surface area contributed by atoms with Crippen molar-refractivity contribution in [2.24, 2.45) is 0 Å². The van der Waals surface area contributed by atoms with Gasteiger partial charge in [-0.25, -0.2) is 4.68 Å². The lowest BCUT2D eigenvalue weighted by molar-refractivity contribution is 0.243. The van der Waals surface area contributed by atoms with Gasteiger partial charge in [0.25, 0.3) is 0 Å². The third-order valence-corrected chi connectivity index (χ3v) is 2.79. The van der Waals surface area contributed by atoms with E-state index in [1.54, 1.807) is 11.0 Å². The Labute approximate surface area is 106 Å². The van der Waals surface area contributed by atoms with E-state index in [-0.39, 0.29) is 18.7 Å². The second-order valence-corrected chi connectivity index (χ2v) is 4.32. The van der Waals surface area contributed by atoms with E-state index in [0.717, 1.165) is 11.3 Å². The quantitative estimate of drug-likeness (QED) is 0.813. The van der Waals surface area contributed by atoms with Crippen LogP contribution in [0, 0.1) is 0 Å². The summed E-state index contributed by atoms with van der Waals surface area (Å²) in [6.45, 7) is 4.13. The first kappa shape index (κ1) is 12.7. The molecule has 0 saturated heterocycles. The Bertz CT molecular complexity index is 485. The van der Waals surface area contributed by atoms with Crippen molar-refractivity contribution in [1.29, 1.82) is 0 Å². The third kappa shape index (κ3) is 2.91. The van der Waals surface area contributed by atoms with E-state index < -0.39 is 0 Å². The summed E-state index contributed by atoms with van der Waals surface area (Å²) in [6.07, 6.45) is 1.56. The molecule has 2 N–H and O–H groups in total. The molecule has 2 rings (SSSR count). The SMILES string of the molecule is CC(CO)NC(C)c1cccc(-n2cnnn2)c1. The normalized spacial score (nSPS) is 14.4. The molecule has 0 bridgehead atoms. The number of hydrogen-bond acceptors (Lipinski definition) is 5. The highest BCUT2D eigenvalue weighted by Crippen LogP contribution is 2.16. The molecule has 6 heteroatoms. The van der Waals surface area contributed by atoms with Crippen LogP contribution in [0.25, 0.3) is 5.69 Å². The summed E-state index contributed by atoms with van der Waals surface area (Å²) in [5.41, 5.74) is 2.05. The Morgan fingerprint density at radius 2 is 2.22 bits per heavy atom. The van der Waals surface area contributed by atoms with E-state index in [9.17, 15) is 0 Å². The van der Waals surface area contributed by atoms with E-state index >= 15 is 0 Å². The molecule has 0 fully saturated rings. The van der Waals surface area contributed by atoms with Crippen molar-refractivity contribution in [2.45, 2.75) is 25.9 Å². The first-order valence-electron chi connectivity index (χ1n) is 5.91. The van der Waals surface area contributed by atoms with Crippen molar-refractivity contribution in [2.75, 3.05) is 6.61 Å². The zero-order chi connectivity index (χ0) is 13.0. The Morgan fingerprint density at radius 3 is 2.89 bits per heavy atom. The molecule has 0 amide bonds. The number of rotatable bonds is 5. The van der Waals surface area contributed by atoms with Gasteiger partial charge in [0, 0.05) is 12.1 Å². The maximum Gasteiger partial charge on any atom is 0.143 e. The summed E-state index contributed by atoms with van der Waals surface area (Å²) in [7, 11) is 0. The summed E-state index contributed by atoms with van der Waals surface area (Å²) in [4.78, 5) is 0. The van der Waals surface area contributed by atoms with Crippen LogP contribution in [0.15, 0.2) is 30.6 Å². The topological polar surface area (TPSA) is 75.9 Å². The molecule has 0 radical (unpaired) electrons. The second-order valence-electron chi connectivity index (χ2n) is 4.32. The standard InChI is InChI=1S/C12H17N5O/c1-9(7-18)14-10(2)11-4-3-5-12(6-11)17-8-13-15-16-17/h3-6,8-10,14,18H,7H2,1-2H3. The summed E-state index contributed by atoms with van der Waals surface area (Å²) in [5.74, 6) is 0. The highest BCUT2D eigenvalue weighted by molar-refractivity contribution is 5.35. The molecule has 1 aromatic carbocycles. The largest absolute Gasteiger partial charge is 0.395 e. The molecule has 2 unspecified atom stereocenters. The van der Waals surface area contributed by atoms with Crippen LogP contribution in [-0.4, -0.2) is 38.0 Å². The lowest BCUT2D eigenvalue weighted by Crippen LogP contribution is -2.31. The van der Waals surface area contributed by atoms with Crippen LogP contribution in [0.3, 0.4) is 0 Å². The van der Waals surface area contributed by atoms with E-state index in [1.807, 2.05) is 31.2 Å². The molecular weight excluding hydrogens is 230 g/mol. The Balaban J connectivity index is 2.17. The Kier molecular flexibility index (Phi) is 4.01. The summed E-state index contributed by atoms with van der Waals surface area (Å²) < 4.78 is 1.62. The fourth-order valence-corrected chi connectivity index (χ4v) is 1.79. The van der Waals surface area contributed by atoms with Crippen LogP contribution >= 0.6 is 0 Å². The minimum atomic E-state index is 0.0664. The molecule has 0 spiro atoms. The minimum absolute atomic E-state index is 0.0664. The van der Waals surface area contributed by atoms with Gasteiger partial charge in [-0.3, -0.25) is 0 Å². The molecular formula is C12H17N5O. The summed E-state index contributed by atoms with van der Waals surface area (Å²) in [5, 5.41) is 23.4. The molecule has 18 heavy (non-hydrogen) atoms. The van der Waals surface area contributed by atoms with Crippen molar-refractivity contribution in [1.82, 2.24) is 25.5 Å². The van der Waals surface area contributed by atoms with Gasteiger partial charge in [-0.05, 0) is 42.0 Å². The number of benzene rings is 1. The first-order chi connectivity index (χ1) is 8.70. The van der Waals surface area contributed by atoms with E-state index in [1.165, 1.54) is 0 Å². The van der Waals surface area contributed by atoms with Crippen LogP contribution in [0.4, 0.5) is 0 Å². The number of hydrogen-bond donors (Lipinski definition) is 2. The maximum atomic E-state index is 9.04. The maximum absolute atomic E-state index is 9.04. The Hall–Kier alpha value is -1.79. The highest BCUT2D eigenvalue weighted by Gasteiger charge is 2.09. The smallest absolute Gasteiger partial charge is 0.143 e. The van der Waals surface area contributed by atoms with Crippen molar-refractivity contribution in [3.05, 3.63) is 36.2 Å². The second kappa shape index (κ2) is 5.70. The van der Waals surface area contributed by atoms with Gasteiger partial charge >= 0.3 is 0 Å². The van der Waals surface area contributed by atoms with Gasteiger partial charge < -0.3 is 10.4 Å². The number of aliphatic hydroxyl groups excluding tert-OH is 1. The average molecular weight is 247 g/mol. The lowest BCUT2D eigenvalue weighted by atomic mass is 10.1. The molecule has 96 valence electrons. The van der Waals surface area contributed by atoms with Crippen LogP contribution in [0.1, 0.15) is 25.5 Å². The average Bonchev–Trinajstić information content (AvgIpc) is 2.92. The van der Waals surface area contributed by atoms with Gasteiger partial charge in [0.05, 0.1) is 12.3 Å². The summed E-state index contributed by atoms with van der Waals surface area (Å²) in [6, 6.07) is 8.20. The zero-order valence-corrected chi connectivity index (χ0v) is 10.5. The van der Waals surface area contributed by atoms with Crippen LogP contribution < -0.4 is 5.32 Å². The van der Waals surface area contributed by atoms with Gasteiger partial charge in [0.15, 0.2) is 0 Å². The molecule has 6 nitrogen and oxygen atoms in total. The van der Waals surface area contributed by atoms with Gasteiger partial charge in [-0.1, -0.05) is 12.1 Å². The van der Waals surface area contributed by atoms with Crippen molar-refractivity contribution < 1.29 is 5.11 Å². The molecule has 2 atom stereocenters. The molecule has 0 aliphatic carbocycles. The van der Waals surface area contributed by atoms with Gasteiger partial charge in [-0.2, -0.15) is 0 Å². The minimum Gasteiger partial charge on any atom is -0.395 e. The van der Waals surface area contributed by atoms with Gasteiger partial charge in [0.1, 0.15) is 6.33 Å². The van der Waals surface area contributed by atoms with Gasteiger partial charge in [-0.15, -0.1) is 5.10 Å². The number of aromatic nitrogens is 4. The van der Waals surface area contributed by atoms with Crippen LogP contribution in [0.2, 0.25) is 0 Å². The van der Waals surface area contributed by atoms with Crippen molar-refractivity contribution >= 4 is 0 Å². The van der Waals surface area contributed by atoms with Crippen molar-refractivity contribution in [3.63, 3.8) is 0 Å². The fraction of sp³-hybridized carbons (Fsp3) is 0.417. The molecule has 0 aliphatic rings. The molecule has 1 aromatic heterocycles. The van der Waals surface area contributed by atoms with Gasteiger partial charge in [0.2, 0.25) is 0 Å². The highest BCUT2D eigenvalue weighted by atomic mass is 16.3. The van der Waals surface area contributed by atoms with E-state index in [0.29, 0.717) is 0 Å². The predicted octanol–water partition coefficient (Wildman–Crippen LogP) is 0.694. The number of tetrazole rings is 1. The number of aliphatic hydroxyl groups is 1.